The molecule has 0 spiro atoms. The van der Waals surface area contributed by atoms with E-state index in [9.17, 15) is 9.59 Å². The first-order valence-corrected chi connectivity index (χ1v) is 9.56. The van der Waals surface area contributed by atoms with Crippen molar-refractivity contribution in [2.75, 3.05) is 16.8 Å². The molecule has 0 saturated carbocycles. The number of pyridine rings is 1. The Morgan fingerprint density at radius 2 is 1.79 bits per heavy atom. The van der Waals surface area contributed by atoms with Crippen molar-refractivity contribution in [1.29, 1.82) is 0 Å². The Morgan fingerprint density at radius 1 is 1.07 bits per heavy atom. The molecule has 29 heavy (non-hydrogen) atoms. The zero-order chi connectivity index (χ0) is 20.2. The van der Waals surface area contributed by atoms with Gasteiger partial charge in [0.15, 0.2) is 6.20 Å². The van der Waals surface area contributed by atoms with Gasteiger partial charge in [0.2, 0.25) is 18.3 Å². The van der Waals surface area contributed by atoms with Crippen molar-refractivity contribution in [2.24, 2.45) is 0 Å². The third kappa shape index (κ3) is 3.82. The summed E-state index contributed by atoms with van der Waals surface area (Å²) in [5.74, 6) is 0.336. The Hall–Kier alpha value is -3.67. The van der Waals surface area contributed by atoms with E-state index in [2.05, 4.69) is 5.32 Å². The predicted molar refractivity (Wildman–Crippen MR) is 110 cm³/mol. The number of amides is 2. The average molecular weight is 388 g/mol. The van der Waals surface area contributed by atoms with Crippen LogP contribution in [0.4, 0.5) is 11.4 Å². The van der Waals surface area contributed by atoms with E-state index in [-0.39, 0.29) is 18.4 Å². The van der Waals surface area contributed by atoms with Gasteiger partial charge < -0.3 is 10.1 Å². The van der Waals surface area contributed by atoms with E-state index in [0.717, 1.165) is 11.4 Å². The summed E-state index contributed by atoms with van der Waals surface area (Å²) < 4.78 is 7.27. The van der Waals surface area contributed by atoms with Crippen LogP contribution in [0.25, 0.3) is 0 Å². The third-order valence-electron chi connectivity index (χ3n) is 4.80. The minimum absolute atomic E-state index is 0.133. The first-order valence-electron chi connectivity index (χ1n) is 9.56. The van der Waals surface area contributed by atoms with Crippen LogP contribution in [0.2, 0.25) is 0 Å². The Morgan fingerprint density at radius 3 is 2.52 bits per heavy atom. The van der Waals surface area contributed by atoms with Gasteiger partial charge in [-0.1, -0.05) is 24.3 Å². The minimum atomic E-state index is -0.772. The van der Waals surface area contributed by atoms with Gasteiger partial charge in [0.1, 0.15) is 5.75 Å². The van der Waals surface area contributed by atoms with E-state index < -0.39 is 6.04 Å². The highest BCUT2D eigenvalue weighted by Gasteiger charge is 2.43. The molecular formula is C23H22N3O3+. The first kappa shape index (κ1) is 18.7. The molecule has 2 heterocycles. The maximum absolute atomic E-state index is 13.3. The Labute approximate surface area is 169 Å². The molecular weight excluding hydrogens is 366 g/mol. The van der Waals surface area contributed by atoms with E-state index in [0.29, 0.717) is 18.0 Å². The summed E-state index contributed by atoms with van der Waals surface area (Å²) in [5, 5.41) is 2.94. The topological polar surface area (TPSA) is 62.5 Å². The Kier molecular flexibility index (Phi) is 5.24. The molecule has 4 rings (SSSR count). The molecule has 0 saturated heterocycles. The summed E-state index contributed by atoms with van der Waals surface area (Å²) in [6.45, 7) is 2.69. The first-order chi connectivity index (χ1) is 14.2. The van der Waals surface area contributed by atoms with Crippen LogP contribution >= 0.6 is 0 Å². The zero-order valence-electron chi connectivity index (χ0n) is 16.1. The molecule has 1 aliphatic rings. The molecule has 2 aromatic carbocycles. The van der Waals surface area contributed by atoms with Crippen LogP contribution < -0.4 is 19.5 Å². The maximum Gasteiger partial charge on any atom is 0.294 e. The fourth-order valence-electron chi connectivity index (χ4n) is 3.52. The van der Waals surface area contributed by atoms with Crippen molar-refractivity contribution in [3.63, 3.8) is 0 Å². The number of nitrogens with one attached hydrogen (secondary N) is 1. The molecule has 1 N–H and O–H groups in total. The van der Waals surface area contributed by atoms with Gasteiger partial charge in [-0.2, -0.15) is 4.57 Å². The van der Waals surface area contributed by atoms with E-state index in [1.165, 1.54) is 0 Å². The monoisotopic (exact) mass is 388 g/mol. The normalized spacial score (nSPS) is 15.6. The van der Waals surface area contributed by atoms with Crippen LogP contribution in [0.15, 0.2) is 79.0 Å². The van der Waals surface area contributed by atoms with Crippen LogP contribution in [0.3, 0.4) is 0 Å². The third-order valence-corrected chi connectivity index (χ3v) is 4.80. The number of carbonyl (C=O) groups is 2. The molecule has 1 aromatic heterocycles. The number of aromatic nitrogens is 1. The Balaban J connectivity index is 1.68. The lowest BCUT2D eigenvalue weighted by molar-refractivity contribution is -0.695. The van der Waals surface area contributed by atoms with Gasteiger partial charge in [-0.15, -0.1) is 0 Å². The van der Waals surface area contributed by atoms with Gasteiger partial charge in [0.25, 0.3) is 11.8 Å². The SMILES string of the molecule is CCOc1ccc(NC(=O)C2c3cccc[n+]3CC(=O)N2c2ccccc2)cc1. The highest BCUT2D eigenvalue weighted by molar-refractivity contribution is 6.05. The van der Waals surface area contributed by atoms with Crippen LogP contribution in [0, 0.1) is 0 Å². The van der Waals surface area contributed by atoms with Gasteiger partial charge in [-0.3, -0.25) is 14.5 Å². The summed E-state index contributed by atoms with van der Waals surface area (Å²) in [7, 11) is 0. The van der Waals surface area contributed by atoms with E-state index in [4.69, 9.17) is 4.74 Å². The second kappa shape index (κ2) is 8.14. The van der Waals surface area contributed by atoms with Crippen LogP contribution in [-0.4, -0.2) is 18.4 Å². The Bertz CT molecular complexity index is 1020. The van der Waals surface area contributed by atoms with Crippen molar-refractivity contribution in [2.45, 2.75) is 19.5 Å². The number of benzene rings is 2. The van der Waals surface area contributed by atoms with Gasteiger partial charge in [-0.05, 0) is 43.3 Å². The highest BCUT2D eigenvalue weighted by Crippen LogP contribution is 2.30. The lowest BCUT2D eigenvalue weighted by Gasteiger charge is -2.32. The number of ether oxygens (including phenoxy) is 1. The fraction of sp³-hybridized carbons (Fsp3) is 0.174. The number of rotatable bonds is 5. The molecule has 1 atom stereocenters. The number of hydrogen-bond donors (Lipinski definition) is 1. The van der Waals surface area contributed by atoms with Crippen LogP contribution in [-0.2, 0) is 16.1 Å². The second-order valence-electron chi connectivity index (χ2n) is 6.70. The van der Waals surface area contributed by atoms with E-state index in [1.54, 1.807) is 17.0 Å². The smallest absolute Gasteiger partial charge is 0.294 e. The van der Waals surface area contributed by atoms with Crippen LogP contribution in [0.5, 0.6) is 5.75 Å². The molecule has 1 unspecified atom stereocenters. The minimum Gasteiger partial charge on any atom is -0.494 e. The maximum atomic E-state index is 13.3. The zero-order valence-corrected chi connectivity index (χ0v) is 16.1. The van der Waals surface area contributed by atoms with Crippen molar-refractivity contribution >= 4 is 23.2 Å². The largest absolute Gasteiger partial charge is 0.494 e. The summed E-state index contributed by atoms with van der Waals surface area (Å²) in [5.41, 5.74) is 2.10. The molecule has 0 radical (unpaired) electrons. The van der Waals surface area contributed by atoms with E-state index >= 15 is 0 Å². The fourth-order valence-corrected chi connectivity index (χ4v) is 3.52. The summed E-state index contributed by atoms with van der Waals surface area (Å²) >= 11 is 0. The highest BCUT2D eigenvalue weighted by atomic mass is 16.5. The number of para-hydroxylation sites is 1. The summed E-state index contributed by atoms with van der Waals surface area (Å²) in [6.07, 6.45) is 1.83. The van der Waals surface area contributed by atoms with E-state index in [1.807, 2.05) is 78.4 Å². The average Bonchev–Trinajstić information content (AvgIpc) is 2.75. The molecule has 0 bridgehead atoms. The molecule has 6 heteroatoms. The van der Waals surface area contributed by atoms with Gasteiger partial charge >= 0.3 is 0 Å². The summed E-state index contributed by atoms with van der Waals surface area (Å²) in [4.78, 5) is 27.8. The second-order valence-corrected chi connectivity index (χ2v) is 6.70. The number of fused-ring (bicyclic) bond motifs is 1. The van der Waals surface area contributed by atoms with Crippen molar-refractivity contribution < 1.29 is 18.9 Å². The lowest BCUT2D eigenvalue weighted by atomic mass is 10.0. The number of carbonyl (C=O) groups excluding carboxylic acids is 2. The van der Waals surface area contributed by atoms with Gasteiger partial charge in [-0.25, -0.2) is 0 Å². The molecule has 3 aromatic rings. The van der Waals surface area contributed by atoms with Crippen molar-refractivity contribution in [1.82, 2.24) is 0 Å². The van der Waals surface area contributed by atoms with Gasteiger partial charge in [0.05, 0.1) is 6.61 Å². The molecule has 2 amide bonds. The molecule has 146 valence electrons. The molecule has 0 aliphatic carbocycles. The van der Waals surface area contributed by atoms with Crippen molar-refractivity contribution in [3.8, 4) is 5.75 Å². The quantitative estimate of drug-likeness (QED) is 0.683. The van der Waals surface area contributed by atoms with Crippen molar-refractivity contribution in [3.05, 3.63) is 84.7 Å². The molecule has 0 fully saturated rings. The lowest BCUT2D eigenvalue weighted by Crippen LogP contribution is -2.58. The predicted octanol–water partition coefficient (Wildman–Crippen LogP) is 3.10. The number of nitrogens with zero attached hydrogens (tertiary/aromatic N) is 2. The number of anilines is 2. The number of hydrogen-bond acceptors (Lipinski definition) is 3. The van der Waals surface area contributed by atoms with Gasteiger partial charge in [0, 0.05) is 23.5 Å². The van der Waals surface area contributed by atoms with Crippen LogP contribution in [0.1, 0.15) is 18.7 Å². The molecule has 1 aliphatic heterocycles. The molecule has 6 nitrogen and oxygen atoms in total. The standard InChI is InChI=1S/C23H21N3O3/c1-2-29-19-13-11-17(12-14-19)24-23(28)22-20-10-6-7-15-25(20)16-21(27)26(22)18-8-4-3-5-9-18/h3-15,22H,2,16H2,1H3/p+1. The summed E-state index contributed by atoms with van der Waals surface area (Å²) in [6, 6.07) is 21.3.